The molecule has 0 fully saturated rings. The van der Waals surface area contributed by atoms with Gasteiger partial charge in [0.1, 0.15) is 5.75 Å². The molecule has 0 aliphatic carbocycles. The van der Waals surface area contributed by atoms with Crippen molar-refractivity contribution in [3.05, 3.63) is 30.2 Å². The van der Waals surface area contributed by atoms with Crippen LogP contribution in [0.4, 0.5) is 8.78 Å². The minimum atomic E-state index is -3.71. The molecule has 1 aromatic carbocycles. The molecule has 0 atom stereocenters. The van der Waals surface area contributed by atoms with E-state index in [-0.39, 0.29) is 12.4 Å². The summed E-state index contributed by atoms with van der Waals surface area (Å²) < 4.78 is 34.9. The third-order valence-corrected chi connectivity index (χ3v) is 2.32. The first-order chi connectivity index (χ1) is 9.36. The van der Waals surface area contributed by atoms with Crippen LogP contribution in [0.1, 0.15) is 5.89 Å². The summed E-state index contributed by atoms with van der Waals surface area (Å²) in [6, 6.07) is 6.04. The second-order valence-electron chi connectivity index (χ2n) is 3.70. The minimum absolute atomic E-state index is 0.0400. The van der Waals surface area contributed by atoms with Crippen LogP contribution in [-0.2, 0) is 10.2 Å². The average Bonchev–Trinajstić information content (AvgIpc) is 2.86. The Kier molecular flexibility index (Phi) is 3.84. The molecule has 9 heteroatoms. The number of hydrogen-bond donors (Lipinski definition) is 1. The van der Waals surface area contributed by atoms with Crippen molar-refractivity contribution >= 4 is 17.5 Å². The number of ether oxygens (including phenoxy) is 1. The summed E-state index contributed by atoms with van der Waals surface area (Å²) in [7, 11) is 0. The van der Waals surface area contributed by atoms with E-state index in [2.05, 4.69) is 14.7 Å². The fraction of sp³-hybridized carbons (Fsp3) is 0.182. The van der Waals surface area contributed by atoms with E-state index in [9.17, 15) is 13.6 Å². The van der Waals surface area contributed by atoms with Crippen LogP contribution >= 0.6 is 11.6 Å². The Bertz CT molecular complexity index is 610. The molecule has 0 radical (unpaired) electrons. The van der Waals surface area contributed by atoms with Crippen molar-refractivity contribution < 1.29 is 22.8 Å². The summed E-state index contributed by atoms with van der Waals surface area (Å²) >= 11 is 4.76. The molecule has 0 bridgehead atoms. The Morgan fingerprint density at radius 3 is 2.55 bits per heavy atom. The zero-order chi connectivity index (χ0) is 14.8. The van der Waals surface area contributed by atoms with Gasteiger partial charge in [-0.25, -0.2) is 0 Å². The lowest BCUT2D eigenvalue weighted by atomic mass is 10.2. The number of rotatable bonds is 5. The number of hydrogen-bond acceptors (Lipinski definition) is 5. The Balaban J connectivity index is 2.14. The molecular weight excluding hydrogens is 296 g/mol. The molecule has 1 heterocycles. The van der Waals surface area contributed by atoms with Gasteiger partial charge in [-0.1, -0.05) is 5.16 Å². The van der Waals surface area contributed by atoms with E-state index in [4.69, 9.17) is 22.1 Å². The van der Waals surface area contributed by atoms with Gasteiger partial charge in [0.05, 0.1) is 0 Å². The van der Waals surface area contributed by atoms with Gasteiger partial charge < -0.3 is 15.0 Å². The molecule has 0 aliphatic heterocycles. The standard InChI is InChI=1S/C11H8ClF2N3O3/c12-11(13,14)10-16-9(17-20-10)6-1-3-7(4-2-6)19-5-8(15)18/h1-4H,5H2,(H2,15,18). The van der Waals surface area contributed by atoms with Crippen LogP contribution < -0.4 is 10.5 Å². The van der Waals surface area contributed by atoms with Gasteiger partial charge in [0.15, 0.2) is 6.61 Å². The molecule has 20 heavy (non-hydrogen) atoms. The first kappa shape index (κ1) is 14.2. The number of benzene rings is 1. The summed E-state index contributed by atoms with van der Waals surface area (Å²) in [6.07, 6.45) is 0. The van der Waals surface area contributed by atoms with Crippen LogP contribution in [-0.4, -0.2) is 22.7 Å². The number of amides is 1. The second kappa shape index (κ2) is 5.41. The first-order valence-corrected chi connectivity index (χ1v) is 5.66. The van der Waals surface area contributed by atoms with Gasteiger partial charge in [0.25, 0.3) is 5.91 Å². The largest absolute Gasteiger partial charge is 0.484 e. The second-order valence-corrected chi connectivity index (χ2v) is 4.17. The molecule has 6 nitrogen and oxygen atoms in total. The highest BCUT2D eigenvalue weighted by molar-refractivity contribution is 6.21. The van der Waals surface area contributed by atoms with Crippen LogP contribution in [0.5, 0.6) is 5.75 Å². The maximum absolute atomic E-state index is 12.7. The predicted molar refractivity (Wildman–Crippen MR) is 64.2 cm³/mol. The highest BCUT2D eigenvalue weighted by atomic mass is 35.5. The minimum Gasteiger partial charge on any atom is -0.484 e. The molecule has 0 spiro atoms. The number of halogens is 3. The topological polar surface area (TPSA) is 91.2 Å². The summed E-state index contributed by atoms with van der Waals surface area (Å²) in [6.45, 7) is -0.260. The first-order valence-electron chi connectivity index (χ1n) is 5.28. The Morgan fingerprint density at radius 2 is 2.05 bits per heavy atom. The van der Waals surface area contributed by atoms with Crippen molar-refractivity contribution in [3.63, 3.8) is 0 Å². The summed E-state index contributed by atoms with van der Waals surface area (Å²) in [5, 5.41) is -0.321. The van der Waals surface area contributed by atoms with Crippen LogP contribution in [0, 0.1) is 0 Å². The Hall–Kier alpha value is -2.22. The smallest absolute Gasteiger partial charge is 0.400 e. The summed E-state index contributed by atoms with van der Waals surface area (Å²) in [4.78, 5) is 14.0. The van der Waals surface area contributed by atoms with Gasteiger partial charge >= 0.3 is 11.3 Å². The predicted octanol–water partition coefficient (Wildman–Crippen LogP) is 1.89. The van der Waals surface area contributed by atoms with Crippen molar-refractivity contribution in [2.75, 3.05) is 6.61 Å². The Morgan fingerprint density at radius 1 is 1.40 bits per heavy atom. The van der Waals surface area contributed by atoms with E-state index in [1.807, 2.05) is 0 Å². The molecular formula is C11H8ClF2N3O3. The van der Waals surface area contributed by atoms with Crippen molar-refractivity contribution in [1.29, 1.82) is 0 Å². The maximum Gasteiger partial charge on any atom is 0.400 e. The maximum atomic E-state index is 12.7. The fourth-order valence-electron chi connectivity index (χ4n) is 1.31. The van der Waals surface area contributed by atoms with Gasteiger partial charge in [-0.2, -0.15) is 13.8 Å². The van der Waals surface area contributed by atoms with Gasteiger partial charge in [-0.15, -0.1) is 0 Å². The van der Waals surface area contributed by atoms with Crippen molar-refractivity contribution in [3.8, 4) is 17.1 Å². The molecule has 2 rings (SSSR count). The highest BCUT2D eigenvalue weighted by Gasteiger charge is 2.35. The van der Waals surface area contributed by atoms with E-state index in [1.165, 1.54) is 24.3 Å². The Labute approximate surface area is 116 Å². The zero-order valence-electron chi connectivity index (χ0n) is 9.85. The van der Waals surface area contributed by atoms with Crippen LogP contribution in [0.15, 0.2) is 28.8 Å². The van der Waals surface area contributed by atoms with Gasteiger partial charge in [-0.05, 0) is 35.9 Å². The third kappa shape index (κ3) is 3.41. The van der Waals surface area contributed by atoms with Crippen molar-refractivity contribution in [1.82, 2.24) is 10.1 Å². The molecule has 0 aliphatic rings. The molecule has 0 unspecified atom stereocenters. The molecule has 0 saturated heterocycles. The third-order valence-electron chi connectivity index (χ3n) is 2.16. The van der Waals surface area contributed by atoms with E-state index in [0.717, 1.165) is 0 Å². The number of primary amides is 1. The summed E-state index contributed by atoms with van der Waals surface area (Å²) in [5.41, 5.74) is 5.35. The molecule has 1 amide bonds. The van der Waals surface area contributed by atoms with E-state index < -0.39 is 17.2 Å². The van der Waals surface area contributed by atoms with Gasteiger partial charge in [0.2, 0.25) is 5.82 Å². The quantitative estimate of drug-likeness (QED) is 0.852. The number of nitrogens with zero attached hydrogens (tertiary/aromatic N) is 2. The number of aromatic nitrogens is 2. The summed E-state index contributed by atoms with van der Waals surface area (Å²) in [5.74, 6) is -1.25. The molecule has 2 aromatic rings. The zero-order valence-corrected chi connectivity index (χ0v) is 10.6. The number of carbonyl (C=O) groups is 1. The van der Waals surface area contributed by atoms with E-state index in [1.54, 1.807) is 0 Å². The lowest BCUT2D eigenvalue weighted by Gasteiger charge is -2.03. The fourth-order valence-corrected chi connectivity index (χ4v) is 1.39. The molecule has 0 saturated carbocycles. The highest BCUT2D eigenvalue weighted by Crippen LogP contribution is 2.32. The van der Waals surface area contributed by atoms with Crippen molar-refractivity contribution in [2.45, 2.75) is 5.38 Å². The van der Waals surface area contributed by atoms with Crippen molar-refractivity contribution in [2.24, 2.45) is 5.73 Å². The van der Waals surface area contributed by atoms with Crippen LogP contribution in [0.3, 0.4) is 0 Å². The van der Waals surface area contributed by atoms with E-state index >= 15 is 0 Å². The normalized spacial score (nSPS) is 11.3. The van der Waals surface area contributed by atoms with Gasteiger partial charge in [0, 0.05) is 5.56 Å². The van der Waals surface area contributed by atoms with Crippen LogP contribution in [0.2, 0.25) is 0 Å². The lowest BCUT2D eigenvalue weighted by Crippen LogP contribution is -2.19. The molecule has 1 aromatic heterocycles. The monoisotopic (exact) mass is 303 g/mol. The number of alkyl halides is 3. The average molecular weight is 304 g/mol. The van der Waals surface area contributed by atoms with E-state index in [0.29, 0.717) is 11.3 Å². The molecule has 2 N–H and O–H groups in total. The number of carbonyl (C=O) groups excluding carboxylic acids is 1. The molecule has 106 valence electrons. The van der Waals surface area contributed by atoms with Crippen LogP contribution in [0.25, 0.3) is 11.4 Å². The number of nitrogens with two attached hydrogens (primary N) is 1. The SMILES string of the molecule is NC(=O)COc1ccc(-c2noc(C(F)(F)Cl)n2)cc1. The van der Waals surface area contributed by atoms with Gasteiger partial charge in [-0.3, -0.25) is 4.79 Å². The lowest BCUT2D eigenvalue weighted by molar-refractivity contribution is -0.119.